The van der Waals surface area contributed by atoms with E-state index in [4.69, 9.17) is 0 Å². The number of aromatic nitrogens is 2. The summed E-state index contributed by atoms with van der Waals surface area (Å²) >= 11 is 0. The molecule has 0 fully saturated rings. The Morgan fingerprint density at radius 3 is 2.80 bits per heavy atom. The number of pyridine rings is 1. The second kappa shape index (κ2) is 6.36. The molecule has 0 aliphatic carbocycles. The van der Waals surface area contributed by atoms with Crippen molar-refractivity contribution in [1.29, 1.82) is 0 Å². The molecule has 0 spiro atoms. The van der Waals surface area contributed by atoms with Gasteiger partial charge in [-0.2, -0.15) is 0 Å². The molecule has 1 aliphatic rings. The summed E-state index contributed by atoms with van der Waals surface area (Å²) in [4.78, 5) is 19.3. The Labute approximate surface area is 144 Å². The summed E-state index contributed by atoms with van der Waals surface area (Å²) < 4.78 is 14.5. The summed E-state index contributed by atoms with van der Waals surface area (Å²) in [6.45, 7) is 0.627. The molecule has 4 nitrogen and oxygen atoms in total. The van der Waals surface area contributed by atoms with E-state index in [-0.39, 0.29) is 11.6 Å². The molecule has 124 valence electrons. The van der Waals surface area contributed by atoms with Gasteiger partial charge >= 0.3 is 0 Å². The number of carbonyl (C=O) groups excluding carboxylic acids is 1. The van der Waals surface area contributed by atoms with Crippen LogP contribution in [-0.4, -0.2) is 22.4 Å². The number of rotatable bonds is 3. The van der Waals surface area contributed by atoms with Gasteiger partial charge in [0.15, 0.2) is 0 Å². The van der Waals surface area contributed by atoms with Gasteiger partial charge in [-0.15, -0.1) is 0 Å². The molecule has 25 heavy (non-hydrogen) atoms. The molecule has 0 radical (unpaired) electrons. The Bertz CT molecular complexity index is 960. The van der Waals surface area contributed by atoms with Crippen molar-refractivity contribution in [2.24, 2.45) is 0 Å². The second-order valence-electron chi connectivity index (χ2n) is 5.91. The van der Waals surface area contributed by atoms with E-state index in [0.717, 1.165) is 28.9 Å². The molecule has 2 aromatic heterocycles. The standard InChI is InChI=1S/C20H16FN3O/c21-16(10-13-4-2-1-3-5-13)19-11-14(6-8-22-19)18-12-15-17(24-18)7-9-23-20(15)25/h1-6,8,10-12,24H,7,9H2,(H,23,25)/b16-10-. The van der Waals surface area contributed by atoms with Crippen molar-refractivity contribution in [2.45, 2.75) is 6.42 Å². The zero-order chi connectivity index (χ0) is 17.2. The number of halogens is 1. The van der Waals surface area contributed by atoms with Gasteiger partial charge < -0.3 is 10.3 Å². The van der Waals surface area contributed by atoms with Crippen molar-refractivity contribution in [3.8, 4) is 11.3 Å². The Morgan fingerprint density at radius 1 is 1.16 bits per heavy atom. The highest BCUT2D eigenvalue weighted by molar-refractivity contribution is 5.97. The van der Waals surface area contributed by atoms with Crippen LogP contribution < -0.4 is 5.32 Å². The van der Waals surface area contributed by atoms with Crippen LogP contribution in [0.25, 0.3) is 23.2 Å². The molecule has 5 heteroatoms. The number of carbonyl (C=O) groups is 1. The number of H-pyrrole nitrogens is 1. The third-order valence-corrected chi connectivity index (χ3v) is 4.21. The normalized spacial score (nSPS) is 14.1. The number of aromatic amines is 1. The number of benzene rings is 1. The lowest BCUT2D eigenvalue weighted by molar-refractivity contribution is 0.0946. The van der Waals surface area contributed by atoms with Gasteiger partial charge in [-0.3, -0.25) is 9.78 Å². The predicted octanol–water partition coefficient (Wildman–Crippen LogP) is 3.83. The van der Waals surface area contributed by atoms with Crippen LogP contribution in [0.5, 0.6) is 0 Å². The number of fused-ring (bicyclic) bond motifs is 1. The maximum absolute atomic E-state index is 14.5. The van der Waals surface area contributed by atoms with Gasteiger partial charge in [-0.1, -0.05) is 30.3 Å². The zero-order valence-corrected chi connectivity index (χ0v) is 13.4. The van der Waals surface area contributed by atoms with Crippen LogP contribution in [0.1, 0.15) is 27.3 Å². The van der Waals surface area contributed by atoms with E-state index in [1.807, 2.05) is 36.4 Å². The van der Waals surface area contributed by atoms with Crippen molar-refractivity contribution in [2.75, 3.05) is 6.54 Å². The molecule has 0 bridgehead atoms. The molecule has 0 unspecified atom stereocenters. The molecular weight excluding hydrogens is 317 g/mol. The SMILES string of the molecule is O=C1NCCc2[nH]c(-c3ccnc(/C(F)=C/c4ccccc4)c3)cc21. The number of amides is 1. The highest BCUT2D eigenvalue weighted by atomic mass is 19.1. The van der Waals surface area contributed by atoms with Crippen molar-refractivity contribution < 1.29 is 9.18 Å². The quantitative estimate of drug-likeness (QED) is 0.765. The lowest BCUT2D eigenvalue weighted by Crippen LogP contribution is -2.31. The molecule has 0 saturated carbocycles. The molecule has 2 N–H and O–H groups in total. The lowest BCUT2D eigenvalue weighted by Gasteiger charge is -2.10. The summed E-state index contributed by atoms with van der Waals surface area (Å²) in [6.07, 6.45) is 3.80. The van der Waals surface area contributed by atoms with Crippen LogP contribution in [0.2, 0.25) is 0 Å². The van der Waals surface area contributed by atoms with Crippen molar-refractivity contribution >= 4 is 17.8 Å². The van der Waals surface area contributed by atoms with Crippen LogP contribution in [-0.2, 0) is 6.42 Å². The van der Waals surface area contributed by atoms with Gasteiger partial charge in [0.1, 0.15) is 5.83 Å². The van der Waals surface area contributed by atoms with Gasteiger partial charge in [-0.25, -0.2) is 4.39 Å². The van der Waals surface area contributed by atoms with Crippen LogP contribution in [0.3, 0.4) is 0 Å². The van der Waals surface area contributed by atoms with Crippen LogP contribution in [0, 0.1) is 0 Å². The molecule has 3 aromatic rings. The molecule has 1 amide bonds. The average molecular weight is 333 g/mol. The maximum Gasteiger partial charge on any atom is 0.253 e. The van der Waals surface area contributed by atoms with Gasteiger partial charge in [-0.05, 0) is 29.8 Å². The smallest absolute Gasteiger partial charge is 0.253 e. The average Bonchev–Trinajstić information content (AvgIpc) is 3.08. The number of hydrogen-bond donors (Lipinski definition) is 2. The van der Waals surface area contributed by atoms with Crippen molar-refractivity contribution in [3.63, 3.8) is 0 Å². The highest BCUT2D eigenvalue weighted by Gasteiger charge is 2.20. The van der Waals surface area contributed by atoms with E-state index < -0.39 is 5.83 Å². The Hall–Kier alpha value is -3.21. The van der Waals surface area contributed by atoms with Crippen LogP contribution in [0.15, 0.2) is 54.7 Å². The largest absolute Gasteiger partial charge is 0.358 e. The Kier molecular flexibility index (Phi) is 3.90. The maximum atomic E-state index is 14.5. The van der Waals surface area contributed by atoms with Gasteiger partial charge in [0.05, 0.1) is 11.3 Å². The third kappa shape index (κ3) is 3.08. The van der Waals surface area contributed by atoms with Gasteiger partial charge in [0.25, 0.3) is 5.91 Å². The minimum Gasteiger partial charge on any atom is -0.358 e. The van der Waals surface area contributed by atoms with E-state index in [9.17, 15) is 9.18 Å². The van der Waals surface area contributed by atoms with E-state index in [2.05, 4.69) is 15.3 Å². The van der Waals surface area contributed by atoms with E-state index >= 15 is 0 Å². The zero-order valence-electron chi connectivity index (χ0n) is 13.4. The van der Waals surface area contributed by atoms with Crippen molar-refractivity contribution in [1.82, 2.24) is 15.3 Å². The number of nitrogens with zero attached hydrogens (tertiary/aromatic N) is 1. The fourth-order valence-electron chi connectivity index (χ4n) is 2.95. The highest BCUT2D eigenvalue weighted by Crippen LogP contribution is 2.26. The first-order chi connectivity index (χ1) is 12.2. The first-order valence-corrected chi connectivity index (χ1v) is 8.10. The van der Waals surface area contributed by atoms with Gasteiger partial charge in [0.2, 0.25) is 0 Å². The fourth-order valence-corrected chi connectivity index (χ4v) is 2.95. The monoisotopic (exact) mass is 333 g/mol. The van der Waals surface area contributed by atoms with E-state index in [1.54, 1.807) is 18.3 Å². The summed E-state index contributed by atoms with van der Waals surface area (Å²) in [7, 11) is 0. The number of nitrogens with one attached hydrogen (secondary N) is 2. The van der Waals surface area contributed by atoms with E-state index in [1.165, 1.54) is 6.08 Å². The summed E-state index contributed by atoms with van der Waals surface area (Å²) in [5.74, 6) is -0.477. The topological polar surface area (TPSA) is 57.8 Å². The third-order valence-electron chi connectivity index (χ3n) is 4.21. The molecule has 1 aromatic carbocycles. The van der Waals surface area contributed by atoms with Crippen LogP contribution in [0.4, 0.5) is 4.39 Å². The molecule has 1 aliphatic heterocycles. The van der Waals surface area contributed by atoms with Crippen LogP contribution >= 0.6 is 0 Å². The Balaban J connectivity index is 1.68. The molecular formula is C20H16FN3O. The summed E-state index contributed by atoms with van der Waals surface area (Å²) in [6, 6.07) is 14.6. The fraction of sp³-hybridized carbons (Fsp3) is 0.100. The molecule has 0 atom stereocenters. The van der Waals surface area contributed by atoms with E-state index in [0.29, 0.717) is 12.1 Å². The van der Waals surface area contributed by atoms with Gasteiger partial charge in [0, 0.05) is 36.1 Å². The molecule has 0 saturated heterocycles. The molecule has 3 heterocycles. The second-order valence-corrected chi connectivity index (χ2v) is 5.91. The lowest BCUT2D eigenvalue weighted by atomic mass is 10.1. The molecule has 4 rings (SSSR count). The minimum absolute atomic E-state index is 0.0758. The minimum atomic E-state index is -0.401. The summed E-state index contributed by atoms with van der Waals surface area (Å²) in [5.41, 5.74) is 4.19. The summed E-state index contributed by atoms with van der Waals surface area (Å²) in [5, 5.41) is 2.82. The first kappa shape index (κ1) is 15.3. The van der Waals surface area contributed by atoms with Crippen molar-refractivity contribution in [3.05, 3.63) is 77.2 Å². The Morgan fingerprint density at radius 2 is 2.00 bits per heavy atom. The first-order valence-electron chi connectivity index (χ1n) is 8.10. The number of hydrogen-bond acceptors (Lipinski definition) is 2. The predicted molar refractivity (Wildman–Crippen MR) is 95.5 cm³/mol.